The molecule has 5 heteroatoms. The zero-order valence-corrected chi connectivity index (χ0v) is 12.2. The van der Waals surface area contributed by atoms with Crippen LogP contribution in [0.4, 0.5) is 4.39 Å². The van der Waals surface area contributed by atoms with Gasteiger partial charge in [-0.1, -0.05) is 12.1 Å². The topological polar surface area (TPSA) is 37.4 Å². The summed E-state index contributed by atoms with van der Waals surface area (Å²) in [6, 6.07) is 6.99. The van der Waals surface area contributed by atoms with Crippen LogP contribution in [-0.4, -0.2) is 44.5 Å². The van der Waals surface area contributed by atoms with Gasteiger partial charge in [-0.15, -0.1) is 0 Å². The summed E-state index contributed by atoms with van der Waals surface area (Å²) in [6.45, 7) is 3.55. The van der Waals surface area contributed by atoms with Crippen molar-refractivity contribution < 1.29 is 12.8 Å². The maximum absolute atomic E-state index is 12.9. The maximum Gasteiger partial charge on any atom is 0.148 e. The molecule has 1 fully saturated rings. The van der Waals surface area contributed by atoms with Gasteiger partial charge in [0.25, 0.3) is 0 Å². The van der Waals surface area contributed by atoms with Crippen LogP contribution in [0.1, 0.15) is 24.8 Å². The Morgan fingerprint density at radius 3 is 2.53 bits per heavy atom. The second-order valence-corrected chi connectivity index (χ2v) is 7.72. The molecule has 1 aromatic carbocycles. The van der Waals surface area contributed by atoms with E-state index < -0.39 is 9.84 Å². The van der Waals surface area contributed by atoms with E-state index in [4.69, 9.17) is 0 Å². The zero-order chi connectivity index (χ0) is 14.0. The summed E-state index contributed by atoms with van der Waals surface area (Å²) in [6.07, 6.45) is 2.26. The molecule has 1 aliphatic rings. The Kier molecular flexibility index (Phi) is 4.26. The molecular weight excluding hydrogens is 265 g/mol. The molecule has 0 aliphatic carbocycles. The van der Waals surface area contributed by atoms with Gasteiger partial charge < -0.3 is 0 Å². The minimum Gasteiger partial charge on any atom is -0.299 e. The Hall–Kier alpha value is -0.940. The average Bonchev–Trinajstić information content (AvgIpc) is 2.68. The molecule has 0 aromatic heterocycles. The molecule has 1 saturated heterocycles. The van der Waals surface area contributed by atoms with Crippen LogP contribution in [-0.2, 0) is 9.84 Å². The smallest absolute Gasteiger partial charge is 0.148 e. The molecule has 1 heterocycles. The van der Waals surface area contributed by atoms with Crippen molar-refractivity contribution in [3.05, 3.63) is 35.6 Å². The summed E-state index contributed by atoms with van der Waals surface area (Å²) in [5.41, 5.74) is 1.13. The van der Waals surface area contributed by atoms with Gasteiger partial charge in [0.2, 0.25) is 0 Å². The van der Waals surface area contributed by atoms with E-state index in [0.717, 1.165) is 18.5 Å². The van der Waals surface area contributed by atoms with Gasteiger partial charge in [-0.05, 0) is 37.0 Å². The van der Waals surface area contributed by atoms with Crippen LogP contribution in [0.2, 0.25) is 0 Å². The van der Waals surface area contributed by atoms with E-state index in [9.17, 15) is 12.8 Å². The zero-order valence-electron chi connectivity index (χ0n) is 11.3. The van der Waals surface area contributed by atoms with Gasteiger partial charge in [0, 0.05) is 25.4 Å². The first-order chi connectivity index (χ1) is 8.85. The van der Waals surface area contributed by atoms with Crippen molar-refractivity contribution in [3.63, 3.8) is 0 Å². The van der Waals surface area contributed by atoms with E-state index in [1.807, 2.05) is 12.1 Å². The Bertz CT molecular complexity index is 527. The molecule has 2 atom stereocenters. The van der Waals surface area contributed by atoms with E-state index >= 15 is 0 Å². The van der Waals surface area contributed by atoms with Crippen molar-refractivity contribution in [3.8, 4) is 0 Å². The van der Waals surface area contributed by atoms with Gasteiger partial charge in [-0.2, -0.15) is 0 Å². The van der Waals surface area contributed by atoms with Gasteiger partial charge in [0.1, 0.15) is 15.7 Å². The highest BCUT2D eigenvalue weighted by Crippen LogP contribution is 2.31. The summed E-state index contributed by atoms with van der Waals surface area (Å²) >= 11 is 0. The third kappa shape index (κ3) is 4.01. The number of hydrogen-bond donors (Lipinski definition) is 0. The number of rotatable bonds is 4. The van der Waals surface area contributed by atoms with E-state index in [1.165, 1.54) is 18.4 Å². The van der Waals surface area contributed by atoms with Crippen molar-refractivity contribution in [2.24, 2.45) is 0 Å². The summed E-state index contributed by atoms with van der Waals surface area (Å²) in [7, 11) is -2.91. The number of halogens is 1. The first-order valence-electron chi connectivity index (χ1n) is 6.52. The van der Waals surface area contributed by atoms with Crippen molar-refractivity contribution in [2.45, 2.75) is 25.3 Å². The molecule has 0 radical (unpaired) electrons. The molecule has 1 aromatic rings. The highest BCUT2D eigenvalue weighted by atomic mass is 32.2. The van der Waals surface area contributed by atoms with Crippen LogP contribution in [0, 0.1) is 5.82 Å². The third-order valence-corrected chi connectivity index (χ3v) is 4.72. The first-order valence-corrected chi connectivity index (χ1v) is 8.58. The fourth-order valence-electron chi connectivity index (χ4n) is 2.67. The van der Waals surface area contributed by atoms with E-state index in [-0.39, 0.29) is 11.6 Å². The summed E-state index contributed by atoms with van der Waals surface area (Å²) in [5.74, 6) is 0.354. The van der Waals surface area contributed by atoms with Crippen LogP contribution in [0.3, 0.4) is 0 Å². The highest BCUT2D eigenvalue weighted by molar-refractivity contribution is 7.90. The van der Waals surface area contributed by atoms with Crippen LogP contribution < -0.4 is 0 Å². The lowest BCUT2D eigenvalue weighted by Crippen LogP contribution is -2.32. The van der Waals surface area contributed by atoms with Crippen LogP contribution in [0.5, 0.6) is 0 Å². The lowest BCUT2D eigenvalue weighted by atomic mass is 9.97. The highest BCUT2D eigenvalue weighted by Gasteiger charge is 2.30. The number of benzene rings is 1. The Morgan fingerprint density at radius 2 is 1.95 bits per heavy atom. The normalized spacial score (nSPS) is 24.8. The SMILES string of the molecule is C[C@@H]1C[C@@H](c2ccc(F)cc2)CN1CCS(C)(=O)=O. The summed E-state index contributed by atoms with van der Waals surface area (Å²) in [4.78, 5) is 2.20. The summed E-state index contributed by atoms with van der Waals surface area (Å²) < 4.78 is 35.3. The molecule has 0 bridgehead atoms. The molecule has 0 unspecified atom stereocenters. The fourth-order valence-corrected chi connectivity index (χ4v) is 3.24. The lowest BCUT2D eigenvalue weighted by Gasteiger charge is -2.20. The average molecular weight is 285 g/mol. The lowest BCUT2D eigenvalue weighted by molar-refractivity contribution is 0.283. The van der Waals surface area contributed by atoms with Gasteiger partial charge >= 0.3 is 0 Å². The molecular formula is C14H20FNO2S. The second-order valence-electron chi connectivity index (χ2n) is 5.46. The predicted molar refractivity (Wildman–Crippen MR) is 74.5 cm³/mol. The first kappa shape index (κ1) is 14.5. The van der Waals surface area contributed by atoms with Crippen molar-refractivity contribution in [2.75, 3.05) is 25.1 Å². The molecule has 19 heavy (non-hydrogen) atoms. The Morgan fingerprint density at radius 1 is 1.32 bits per heavy atom. The quantitative estimate of drug-likeness (QED) is 0.849. The van der Waals surface area contributed by atoms with Crippen molar-refractivity contribution in [1.82, 2.24) is 4.90 Å². The maximum atomic E-state index is 12.9. The monoisotopic (exact) mass is 285 g/mol. The van der Waals surface area contributed by atoms with Gasteiger partial charge in [-0.3, -0.25) is 4.90 Å². The number of hydrogen-bond acceptors (Lipinski definition) is 3. The molecule has 0 N–H and O–H groups in total. The van der Waals surface area contributed by atoms with E-state index in [0.29, 0.717) is 18.5 Å². The number of nitrogens with zero attached hydrogens (tertiary/aromatic N) is 1. The molecule has 0 saturated carbocycles. The molecule has 0 amide bonds. The van der Waals surface area contributed by atoms with Gasteiger partial charge in [0.15, 0.2) is 0 Å². The molecule has 0 spiro atoms. The fraction of sp³-hybridized carbons (Fsp3) is 0.571. The third-order valence-electron chi connectivity index (χ3n) is 3.79. The van der Waals surface area contributed by atoms with Crippen molar-refractivity contribution in [1.29, 1.82) is 0 Å². The van der Waals surface area contributed by atoms with Gasteiger partial charge in [-0.25, -0.2) is 12.8 Å². The van der Waals surface area contributed by atoms with Crippen LogP contribution in [0.15, 0.2) is 24.3 Å². The molecule has 2 rings (SSSR count). The largest absolute Gasteiger partial charge is 0.299 e. The minimum absolute atomic E-state index is 0.202. The molecule has 3 nitrogen and oxygen atoms in total. The second kappa shape index (κ2) is 5.59. The number of likely N-dealkylation sites (tertiary alicyclic amines) is 1. The Balaban J connectivity index is 1.99. The molecule has 106 valence electrons. The molecule has 1 aliphatic heterocycles. The predicted octanol–water partition coefficient (Wildman–Crippen LogP) is 2.05. The van der Waals surface area contributed by atoms with Gasteiger partial charge in [0.05, 0.1) is 5.75 Å². The van der Waals surface area contributed by atoms with Crippen molar-refractivity contribution >= 4 is 9.84 Å². The van der Waals surface area contributed by atoms with Crippen LogP contribution >= 0.6 is 0 Å². The number of sulfone groups is 1. The van der Waals surface area contributed by atoms with E-state index in [2.05, 4.69) is 11.8 Å². The minimum atomic E-state index is -2.91. The van der Waals surface area contributed by atoms with Crippen LogP contribution in [0.25, 0.3) is 0 Å². The standard InChI is InChI=1S/C14H20FNO2S/c1-11-9-13(12-3-5-14(15)6-4-12)10-16(11)7-8-19(2,17)18/h3-6,11,13H,7-10H2,1-2H3/t11-,13-/m1/s1. The summed E-state index contributed by atoms with van der Waals surface area (Å²) in [5, 5.41) is 0. The Labute approximate surface area is 114 Å². The van der Waals surface area contributed by atoms with E-state index in [1.54, 1.807) is 0 Å².